The molecule has 1 atom stereocenters. The molecule has 0 saturated carbocycles. The second-order valence-corrected chi connectivity index (χ2v) is 14.8. The van der Waals surface area contributed by atoms with Gasteiger partial charge in [0, 0.05) is 41.1 Å². The molecule has 0 aromatic heterocycles. The summed E-state index contributed by atoms with van der Waals surface area (Å²) in [7, 11) is 0. The summed E-state index contributed by atoms with van der Waals surface area (Å²) in [4.78, 5) is 5.26. The summed E-state index contributed by atoms with van der Waals surface area (Å²) in [6.07, 6.45) is 4.32. The van der Waals surface area contributed by atoms with E-state index in [1.807, 2.05) is 6.07 Å². The molecule has 1 spiro atoms. The second-order valence-electron chi connectivity index (χ2n) is 14.8. The van der Waals surface area contributed by atoms with Gasteiger partial charge in [-0.3, -0.25) is 0 Å². The van der Waals surface area contributed by atoms with Crippen LogP contribution in [-0.4, -0.2) is 17.4 Å². The summed E-state index contributed by atoms with van der Waals surface area (Å²) in [5.74, 6) is 2.67. The molecule has 7 aromatic carbocycles. The molecule has 7 aromatic rings. The number of para-hydroxylation sites is 2. The molecule has 0 amide bonds. The maximum absolute atomic E-state index is 6.55. The Bertz CT molecular complexity index is 2670. The number of dihydropyridines is 1. The van der Waals surface area contributed by atoms with Crippen molar-refractivity contribution in [2.75, 3.05) is 6.54 Å². The number of benzene rings is 7. The van der Waals surface area contributed by atoms with Gasteiger partial charge in [-0.1, -0.05) is 170 Å². The third-order valence-electron chi connectivity index (χ3n) is 11.6. The molecule has 0 saturated heterocycles. The summed E-state index contributed by atoms with van der Waals surface area (Å²) < 4.78 is 6.55. The van der Waals surface area contributed by atoms with E-state index >= 15 is 0 Å². The Labute approximate surface area is 326 Å². The lowest BCUT2D eigenvalue weighted by atomic mass is 9.67. The zero-order valence-corrected chi connectivity index (χ0v) is 30.7. The van der Waals surface area contributed by atoms with Gasteiger partial charge >= 0.3 is 0 Å². The Morgan fingerprint density at radius 3 is 1.89 bits per heavy atom. The van der Waals surface area contributed by atoms with Gasteiger partial charge in [0.05, 0.1) is 5.41 Å². The number of hydrogen-bond acceptors (Lipinski definition) is 5. The number of nitrogens with zero attached hydrogens (tertiary/aromatic N) is 2. The number of nitrogens with one attached hydrogen (secondary N) is 2. The SMILES string of the molecule is C1=CC2=C(NC1)C1(c3ccccc3Oc3ccccc31)c1cc(-c3ccc(C4N=C(c5ccccc5)NN4Cc4ccc(-c5ccccc5)cc4)cc3)ccc12. The number of rotatable bonds is 6. The van der Waals surface area contributed by atoms with E-state index in [2.05, 4.69) is 198 Å². The van der Waals surface area contributed by atoms with Crippen LogP contribution in [0.2, 0.25) is 0 Å². The van der Waals surface area contributed by atoms with Crippen LogP contribution >= 0.6 is 0 Å². The highest BCUT2D eigenvalue weighted by atomic mass is 16.5. The summed E-state index contributed by atoms with van der Waals surface area (Å²) >= 11 is 0. The first-order valence-corrected chi connectivity index (χ1v) is 19.3. The first-order chi connectivity index (χ1) is 27.7. The van der Waals surface area contributed by atoms with E-state index in [-0.39, 0.29) is 6.17 Å². The van der Waals surface area contributed by atoms with Gasteiger partial charge in [0.2, 0.25) is 0 Å². The predicted octanol–water partition coefficient (Wildman–Crippen LogP) is 10.8. The molecule has 1 unspecified atom stereocenters. The van der Waals surface area contributed by atoms with Gasteiger partial charge in [0.15, 0.2) is 0 Å². The Morgan fingerprint density at radius 1 is 0.589 bits per heavy atom. The highest BCUT2D eigenvalue weighted by molar-refractivity contribution is 5.99. The van der Waals surface area contributed by atoms with E-state index in [0.717, 1.165) is 51.7 Å². The molecule has 0 radical (unpaired) electrons. The van der Waals surface area contributed by atoms with Crippen molar-refractivity contribution in [3.05, 3.63) is 233 Å². The number of hydrogen-bond donors (Lipinski definition) is 2. The summed E-state index contributed by atoms with van der Waals surface area (Å²) in [6, 6.07) is 62.8. The fourth-order valence-corrected chi connectivity index (χ4v) is 9.04. The molecule has 3 aliphatic heterocycles. The van der Waals surface area contributed by atoms with E-state index in [9.17, 15) is 0 Å². The van der Waals surface area contributed by atoms with Gasteiger partial charge in [0.1, 0.15) is 23.5 Å². The second kappa shape index (κ2) is 13.1. The molecule has 3 heterocycles. The minimum atomic E-state index is -0.519. The van der Waals surface area contributed by atoms with Crippen molar-refractivity contribution in [1.29, 1.82) is 0 Å². The third kappa shape index (κ3) is 5.16. The van der Waals surface area contributed by atoms with E-state index in [1.54, 1.807) is 0 Å². The smallest absolute Gasteiger partial charge is 0.147 e. The Hall–Kier alpha value is -6.95. The summed E-state index contributed by atoms with van der Waals surface area (Å²) in [6.45, 7) is 1.48. The Kier molecular flexibility index (Phi) is 7.61. The van der Waals surface area contributed by atoms with Crippen molar-refractivity contribution in [3.63, 3.8) is 0 Å². The lowest BCUT2D eigenvalue weighted by molar-refractivity contribution is 0.181. The topological polar surface area (TPSA) is 48.9 Å². The predicted molar refractivity (Wildman–Crippen MR) is 225 cm³/mol. The van der Waals surface area contributed by atoms with Crippen molar-refractivity contribution in [1.82, 2.24) is 15.8 Å². The van der Waals surface area contributed by atoms with E-state index in [0.29, 0.717) is 6.54 Å². The van der Waals surface area contributed by atoms with Crippen LogP contribution < -0.4 is 15.5 Å². The maximum atomic E-state index is 6.55. The van der Waals surface area contributed by atoms with Crippen LogP contribution in [0.4, 0.5) is 0 Å². The fraction of sp³-hybridized carbons (Fsp3) is 0.0784. The zero-order chi connectivity index (χ0) is 37.1. The van der Waals surface area contributed by atoms with Crippen LogP contribution in [0.15, 0.2) is 199 Å². The molecule has 0 fully saturated rings. The number of aliphatic imine (C=N–C) groups is 1. The van der Waals surface area contributed by atoms with E-state index < -0.39 is 5.41 Å². The van der Waals surface area contributed by atoms with Crippen LogP contribution in [0.5, 0.6) is 11.5 Å². The molecule has 2 N–H and O–H groups in total. The van der Waals surface area contributed by atoms with Gasteiger partial charge in [-0.25, -0.2) is 4.99 Å². The van der Waals surface area contributed by atoms with Gasteiger partial charge in [-0.05, 0) is 62.7 Å². The van der Waals surface area contributed by atoms with Crippen molar-refractivity contribution in [2.24, 2.45) is 4.99 Å². The summed E-state index contributed by atoms with van der Waals surface area (Å²) in [5.41, 5.74) is 18.6. The molecular formula is C51H38N4O. The van der Waals surface area contributed by atoms with Gasteiger partial charge in [0.25, 0.3) is 0 Å². The highest BCUT2D eigenvalue weighted by Crippen LogP contribution is 2.61. The Balaban J connectivity index is 0.959. The number of amidine groups is 1. The van der Waals surface area contributed by atoms with E-state index in [4.69, 9.17) is 9.73 Å². The third-order valence-corrected chi connectivity index (χ3v) is 11.6. The molecule has 1 aliphatic carbocycles. The molecule has 5 heteroatoms. The lowest BCUT2D eigenvalue weighted by Gasteiger charge is -2.41. The largest absolute Gasteiger partial charge is 0.457 e. The number of allylic oxidation sites excluding steroid dienone is 3. The lowest BCUT2D eigenvalue weighted by Crippen LogP contribution is -2.39. The minimum absolute atomic E-state index is 0.194. The normalized spacial score (nSPS) is 17.2. The monoisotopic (exact) mass is 722 g/mol. The van der Waals surface area contributed by atoms with E-state index in [1.165, 1.54) is 44.7 Å². The summed E-state index contributed by atoms with van der Waals surface area (Å²) in [5, 5.41) is 6.07. The molecule has 268 valence electrons. The van der Waals surface area contributed by atoms with Gasteiger partial charge < -0.3 is 15.5 Å². The maximum Gasteiger partial charge on any atom is 0.147 e. The van der Waals surface area contributed by atoms with Crippen LogP contribution in [0.1, 0.15) is 45.1 Å². The molecule has 4 aliphatic rings. The molecular weight excluding hydrogens is 685 g/mol. The molecule has 11 rings (SSSR count). The quantitative estimate of drug-likeness (QED) is 0.179. The number of ether oxygens (including phenoxy) is 1. The fourth-order valence-electron chi connectivity index (χ4n) is 9.04. The standard InChI is InChI=1S/C51H38N4O/c1-3-12-35(13-4-1)36-23-21-34(22-24-36)33-55-50(53-49(54-55)38-14-5-2-6-15-38)39-27-25-37(26-28-39)40-29-30-41-42-16-11-31-52-48(42)51(45(41)32-40)43-17-7-9-19-46(43)56-47-20-10-8-18-44(47)51/h1-30,32,50,52H,31,33H2,(H,53,54). The zero-order valence-electron chi connectivity index (χ0n) is 30.7. The van der Waals surface area contributed by atoms with Crippen LogP contribution in [0, 0.1) is 0 Å². The Morgan fingerprint density at radius 2 is 1.18 bits per heavy atom. The average Bonchev–Trinajstić information content (AvgIpc) is 3.82. The van der Waals surface area contributed by atoms with Crippen LogP contribution in [0.25, 0.3) is 27.8 Å². The van der Waals surface area contributed by atoms with Crippen LogP contribution in [-0.2, 0) is 12.0 Å². The highest BCUT2D eigenvalue weighted by Gasteiger charge is 2.52. The molecule has 5 nitrogen and oxygen atoms in total. The average molecular weight is 723 g/mol. The van der Waals surface area contributed by atoms with Gasteiger partial charge in [-0.2, -0.15) is 5.01 Å². The number of fused-ring (bicyclic) bond motifs is 8. The molecule has 0 bridgehead atoms. The van der Waals surface area contributed by atoms with Crippen molar-refractivity contribution in [2.45, 2.75) is 18.1 Å². The molecule has 56 heavy (non-hydrogen) atoms. The van der Waals surface area contributed by atoms with Gasteiger partial charge in [-0.15, -0.1) is 0 Å². The van der Waals surface area contributed by atoms with Crippen molar-refractivity contribution >= 4 is 11.4 Å². The van der Waals surface area contributed by atoms with Crippen LogP contribution in [0.3, 0.4) is 0 Å². The number of hydrazine groups is 1. The van der Waals surface area contributed by atoms with Crippen molar-refractivity contribution in [3.8, 4) is 33.8 Å². The first kappa shape index (κ1) is 32.5. The van der Waals surface area contributed by atoms with Crippen molar-refractivity contribution < 1.29 is 4.74 Å². The first-order valence-electron chi connectivity index (χ1n) is 19.3. The minimum Gasteiger partial charge on any atom is -0.457 e.